The quantitative estimate of drug-likeness (QED) is 0.309. The predicted octanol–water partition coefficient (Wildman–Crippen LogP) is 4.83. The van der Waals surface area contributed by atoms with Gasteiger partial charge in [-0.05, 0) is 98.2 Å². The topological polar surface area (TPSA) is 98.0 Å². The van der Waals surface area contributed by atoms with E-state index in [1.54, 1.807) is 4.52 Å². The smallest absolute Gasteiger partial charge is 0.253 e. The van der Waals surface area contributed by atoms with Gasteiger partial charge in [-0.25, -0.2) is 4.52 Å². The Morgan fingerprint density at radius 2 is 1.67 bits per heavy atom. The molecule has 218 valence electrons. The van der Waals surface area contributed by atoms with Crippen molar-refractivity contribution < 1.29 is 9.90 Å². The number of benzene rings is 2. The third kappa shape index (κ3) is 5.21. The van der Waals surface area contributed by atoms with Gasteiger partial charge in [-0.1, -0.05) is 23.7 Å². The first-order valence-corrected chi connectivity index (χ1v) is 15.2. The number of likely N-dealkylation sites (tertiary alicyclic amines) is 1. The Morgan fingerprint density at radius 1 is 0.929 bits per heavy atom. The van der Waals surface area contributed by atoms with Crippen molar-refractivity contribution in [1.82, 2.24) is 24.8 Å². The maximum absolute atomic E-state index is 13.1. The maximum atomic E-state index is 13.1. The normalized spacial score (nSPS) is 19.9. The highest BCUT2D eigenvalue weighted by Crippen LogP contribution is 2.38. The molecule has 3 N–H and O–H groups in total. The Hall–Kier alpha value is -3.66. The fraction of sp³-hybridized carbons (Fsp3) is 0.406. The molecule has 0 radical (unpaired) electrons. The van der Waals surface area contributed by atoms with Gasteiger partial charge in [-0.15, -0.1) is 5.10 Å². The van der Waals surface area contributed by atoms with Crippen molar-refractivity contribution in [3.8, 4) is 0 Å². The minimum Gasteiger partial charge on any atom is -0.385 e. The van der Waals surface area contributed by atoms with Gasteiger partial charge in [0.15, 0.2) is 5.65 Å². The lowest BCUT2D eigenvalue weighted by Crippen LogP contribution is -2.44. The van der Waals surface area contributed by atoms with E-state index in [-0.39, 0.29) is 5.91 Å². The van der Waals surface area contributed by atoms with Crippen molar-refractivity contribution in [2.45, 2.75) is 37.7 Å². The van der Waals surface area contributed by atoms with Gasteiger partial charge in [0.05, 0.1) is 11.3 Å². The van der Waals surface area contributed by atoms with Gasteiger partial charge in [-0.3, -0.25) is 4.79 Å². The zero-order chi connectivity index (χ0) is 28.7. The van der Waals surface area contributed by atoms with Crippen molar-refractivity contribution in [2.75, 3.05) is 49.5 Å². The minimum absolute atomic E-state index is 0.0994. The summed E-state index contributed by atoms with van der Waals surface area (Å²) in [5.41, 5.74) is 3.68. The van der Waals surface area contributed by atoms with E-state index in [4.69, 9.17) is 16.6 Å². The van der Waals surface area contributed by atoms with E-state index in [1.807, 2.05) is 71.8 Å². The number of anilines is 3. The molecule has 0 atom stereocenters. The second-order valence-corrected chi connectivity index (χ2v) is 12.5. The first-order valence-electron chi connectivity index (χ1n) is 14.9. The minimum atomic E-state index is -0.871. The Morgan fingerprint density at radius 3 is 2.36 bits per heavy atom. The van der Waals surface area contributed by atoms with Crippen molar-refractivity contribution in [1.29, 1.82) is 0 Å². The van der Waals surface area contributed by atoms with E-state index >= 15 is 0 Å². The molecule has 3 aliphatic heterocycles. The van der Waals surface area contributed by atoms with Crippen LogP contribution >= 0.6 is 11.6 Å². The number of piperidine rings is 2. The molecule has 0 aliphatic carbocycles. The monoisotopic (exact) mass is 585 g/mol. The highest BCUT2D eigenvalue weighted by Gasteiger charge is 2.38. The largest absolute Gasteiger partial charge is 0.385 e. The van der Waals surface area contributed by atoms with E-state index in [1.165, 1.54) is 6.42 Å². The van der Waals surface area contributed by atoms with Crippen LogP contribution in [0.25, 0.3) is 5.65 Å². The zero-order valence-electron chi connectivity index (χ0n) is 23.6. The highest BCUT2D eigenvalue weighted by molar-refractivity contribution is 6.30. The van der Waals surface area contributed by atoms with Gasteiger partial charge in [0.25, 0.3) is 5.91 Å². The first-order chi connectivity index (χ1) is 20.4. The SMILES string of the molecule is O=C(c1ccc(Nc2nc3c(N4CCC(O)(c5ccc(Cl)cc5)CC4)cccn3n2)cc1)N1CCC2(CCNC2)CC1. The van der Waals surface area contributed by atoms with Crippen LogP contribution in [0.3, 0.4) is 0 Å². The second-order valence-electron chi connectivity index (χ2n) is 12.0. The van der Waals surface area contributed by atoms with Gasteiger partial charge in [0.2, 0.25) is 5.95 Å². The van der Waals surface area contributed by atoms with E-state index in [2.05, 4.69) is 20.6 Å². The van der Waals surface area contributed by atoms with Gasteiger partial charge in [-0.2, -0.15) is 4.98 Å². The van der Waals surface area contributed by atoms with Crippen molar-refractivity contribution in [3.05, 3.63) is 83.0 Å². The van der Waals surface area contributed by atoms with Crippen molar-refractivity contribution >= 4 is 40.5 Å². The molecule has 7 rings (SSSR count). The lowest BCUT2D eigenvalue weighted by molar-refractivity contribution is 0.0118. The van der Waals surface area contributed by atoms with Gasteiger partial charge in [0.1, 0.15) is 0 Å². The molecule has 0 saturated carbocycles. The average Bonchev–Trinajstić information content (AvgIpc) is 3.65. The second kappa shape index (κ2) is 10.9. The van der Waals surface area contributed by atoms with Crippen LogP contribution in [0.4, 0.5) is 17.3 Å². The van der Waals surface area contributed by atoms with Crippen LogP contribution in [0.1, 0.15) is 48.0 Å². The summed E-state index contributed by atoms with van der Waals surface area (Å²) in [6, 6.07) is 19.1. The number of pyridine rings is 1. The van der Waals surface area contributed by atoms with Crippen LogP contribution in [-0.4, -0.2) is 69.8 Å². The van der Waals surface area contributed by atoms with E-state index in [0.29, 0.717) is 47.9 Å². The van der Waals surface area contributed by atoms with E-state index in [9.17, 15) is 9.90 Å². The summed E-state index contributed by atoms with van der Waals surface area (Å²) in [5, 5.41) is 23.4. The average molecular weight is 586 g/mol. The van der Waals surface area contributed by atoms with Gasteiger partial charge < -0.3 is 25.5 Å². The number of amides is 1. The zero-order valence-corrected chi connectivity index (χ0v) is 24.4. The number of hydrogen-bond acceptors (Lipinski definition) is 7. The van der Waals surface area contributed by atoms with Gasteiger partial charge >= 0.3 is 0 Å². The third-order valence-corrected chi connectivity index (χ3v) is 9.74. The van der Waals surface area contributed by atoms with Crippen molar-refractivity contribution in [2.24, 2.45) is 5.41 Å². The number of aliphatic hydroxyl groups is 1. The number of fused-ring (bicyclic) bond motifs is 1. The number of carbonyl (C=O) groups is 1. The summed E-state index contributed by atoms with van der Waals surface area (Å²) in [6.07, 6.45) is 6.48. The molecule has 1 amide bonds. The summed E-state index contributed by atoms with van der Waals surface area (Å²) < 4.78 is 1.78. The molecule has 9 nitrogen and oxygen atoms in total. The number of nitrogens with zero attached hydrogens (tertiary/aromatic N) is 5. The lowest BCUT2D eigenvalue weighted by atomic mass is 9.78. The van der Waals surface area contributed by atoms with Crippen LogP contribution < -0.4 is 15.5 Å². The number of nitrogens with one attached hydrogen (secondary N) is 2. The summed E-state index contributed by atoms with van der Waals surface area (Å²) in [4.78, 5) is 22.2. The van der Waals surface area contributed by atoms with Crippen LogP contribution in [-0.2, 0) is 5.60 Å². The molecule has 1 spiro atoms. The summed E-state index contributed by atoms with van der Waals surface area (Å²) in [6.45, 7) is 5.22. The third-order valence-electron chi connectivity index (χ3n) is 9.49. The molecule has 3 aliphatic rings. The molecule has 3 fully saturated rings. The maximum Gasteiger partial charge on any atom is 0.253 e. The summed E-state index contributed by atoms with van der Waals surface area (Å²) >= 11 is 6.05. The fourth-order valence-electron chi connectivity index (χ4n) is 6.77. The number of hydrogen-bond donors (Lipinski definition) is 3. The summed E-state index contributed by atoms with van der Waals surface area (Å²) in [7, 11) is 0. The molecule has 4 aromatic rings. The lowest BCUT2D eigenvalue weighted by Gasteiger charge is -2.39. The van der Waals surface area contributed by atoms with Gasteiger partial charge in [0, 0.05) is 55.2 Å². The highest BCUT2D eigenvalue weighted by atomic mass is 35.5. The van der Waals surface area contributed by atoms with Crippen molar-refractivity contribution in [3.63, 3.8) is 0 Å². The molecule has 42 heavy (non-hydrogen) atoms. The predicted molar refractivity (Wildman–Crippen MR) is 165 cm³/mol. The first kappa shape index (κ1) is 27.2. The molecule has 0 bridgehead atoms. The molecule has 2 aromatic heterocycles. The Labute approximate surface area is 250 Å². The Bertz CT molecular complexity index is 1560. The van der Waals surface area contributed by atoms with Crippen LogP contribution in [0.15, 0.2) is 66.9 Å². The Balaban J connectivity index is 1.01. The summed E-state index contributed by atoms with van der Waals surface area (Å²) in [5.74, 6) is 0.588. The van der Waals surface area contributed by atoms with Crippen LogP contribution in [0.5, 0.6) is 0 Å². The molecular weight excluding hydrogens is 550 g/mol. The molecule has 5 heterocycles. The van der Waals surface area contributed by atoms with Crippen LogP contribution in [0.2, 0.25) is 5.02 Å². The number of carbonyl (C=O) groups excluding carboxylic acids is 1. The molecule has 10 heteroatoms. The van der Waals surface area contributed by atoms with Crippen LogP contribution in [0, 0.1) is 5.41 Å². The molecular formula is C32H36ClN7O2. The molecule has 2 aromatic carbocycles. The number of aromatic nitrogens is 3. The van der Waals surface area contributed by atoms with E-state index < -0.39 is 5.60 Å². The van der Waals surface area contributed by atoms with E-state index in [0.717, 1.165) is 61.6 Å². The standard InChI is InChI=1S/C32H36ClN7O2/c33-25-7-5-24(6-8-25)32(42)14-20-38(21-15-32)27-2-1-17-40-28(27)36-30(37-40)35-26-9-3-23(4-10-26)29(41)39-18-12-31(13-19-39)11-16-34-22-31/h1-10,17,34,42H,11-16,18-22H2,(H,35,37). The molecule has 3 saturated heterocycles. The number of rotatable bonds is 5. The Kier molecular flexibility index (Phi) is 7.04. The molecule has 0 unspecified atom stereocenters. The number of halogens is 1. The fourth-order valence-corrected chi connectivity index (χ4v) is 6.90.